The van der Waals surface area contributed by atoms with Gasteiger partial charge in [-0.25, -0.2) is 12.8 Å². The Balaban J connectivity index is 1.44. The Morgan fingerprint density at radius 3 is 2.35 bits per heavy atom. The summed E-state index contributed by atoms with van der Waals surface area (Å²) in [6.45, 7) is 3.60. The van der Waals surface area contributed by atoms with Crippen molar-refractivity contribution in [3.63, 3.8) is 0 Å². The molecule has 1 aliphatic heterocycles. The van der Waals surface area contributed by atoms with Gasteiger partial charge in [-0.15, -0.1) is 0 Å². The Bertz CT molecular complexity index is 807. The van der Waals surface area contributed by atoms with E-state index in [9.17, 15) is 12.8 Å². The molecule has 0 atom stereocenters. The predicted molar refractivity (Wildman–Crippen MR) is 98.1 cm³/mol. The largest absolute Gasteiger partial charge is 0.485 e. The normalized spacial score (nSPS) is 16.5. The zero-order valence-corrected chi connectivity index (χ0v) is 15.4. The number of ether oxygens (including phenoxy) is 1. The average molecular weight is 379 g/mol. The minimum atomic E-state index is -3.29. The Morgan fingerprint density at radius 1 is 1.00 bits per heavy atom. The van der Waals surface area contributed by atoms with Crippen molar-refractivity contribution in [2.24, 2.45) is 0 Å². The van der Waals surface area contributed by atoms with E-state index in [-0.39, 0.29) is 17.3 Å². The van der Waals surface area contributed by atoms with Crippen LogP contribution in [-0.2, 0) is 15.8 Å². The molecular formula is C19H24FN2O3S+. The number of hydrogen-bond donors (Lipinski definition) is 1. The standard InChI is InChI=1S/C19H23FN2O3S/c20-18-8-4-5-9-19(18)25-15-14-21-10-12-22(13-11-21)26(23,24)16-17-6-2-1-3-7-17/h1-9H,10-16H2/p+1. The third-order valence-corrected chi connectivity index (χ3v) is 6.41. The lowest BCUT2D eigenvalue weighted by atomic mass is 10.2. The lowest BCUT2D eigenvalue weighted by molar-refractivity contribution is -0.903. The summed E-state index contributed by atoms with van der Waals surface area (Å²) < 4.78 is 45.7. The highest BCUT2D eigenvalue weighted by Crippen LogP contribution is 2.14. The van der Waals surface area contributed by atoms with Crippen molar-refractivity contribution in [2.45, 2.75) is 5.75 Å². The van der Waals surface area contributed by atoms with Gasteiger partial charge in [0.1, 0.15) is 13.2 Å². The van der Waals surface area contributed by atoms with Gasteiger partial charge < -0.3 is 9.64 Å². The van der Waals surface area contributed by atoms with Gasteiger partial charge in [0.25, 0.3) is 0 Å². The minimum absolute atomic E-state index is 0.0412. The summed E-state index contributed by atoms with van der Waals surface area (Å²) in [4.78, 5) is 1.27. The SMILES string of the molecule is O=S(=O)(Cc1ccccc1)N1CC[NH+](CCOc2ccccc2F)CC1. The van der Waals surface area contributed by atoms with Crippen LogP contribution < -0.4 is 9.64 Å². The molecule has 140 valence electrons. The molecule has 7 heteroatoms. The summed E-state index contributed by atoms with van der Waals surface area (Å²) in [6, 6.07) is 15.6. The van der Waals surface area contributed by atoms with Crippen LogP contribution in [-0.4, -0.2) is 52.1 Å². The van der Waals surface area contributed by atoms with Crippen molar-refractivity contribution in [3.8, 4) is 5.75 Å². The van der Waals surface area contributed by atoms with E-state index in [2.05, 4.69) is 0 Å². The van der Waals surface area contributed by atoms with Gasteiger partial charge in [0.2, 0.25) is 10.0 Å². The molecule has 1 heterocycles. The molecule has 3 rings (SSSR count). The van der Waals surface area contributed by atoms with E-state index >= 15 is 0 Å². The molecule has 0 unspecified atom stereocenters. The Hall–Kier alpha value is -1.96. The van der Waals surface area contributed by atoms with Crippen molar-refractivity contribution in [3.05, 3.63) is 66.0 Å². The molecule has 1 N–H and O–H groups in total. The molecule has 1 aliphatic rings. The van der Waals surface area contributed by atoms with Gasteiger partial charge in [-0.2, -0.15) is 4.31 Å². The molecule has 2 aromatic rings. The molecular weight excluding hydrogens is 355 g/mol. The topological polar surface area (TPSA) is 51.0 Å². The van der Waals surface area contributed by atoms with Gasteiger partial charge in [0.15, 0.2) is 11.6 Å². The fourth-order valence-electron chi connectivity index (χ4n) is 3.07. The van der Waals surface area contributed by atoms with Crippen LogP contribution in [0.4, 0.5) is 4.39 Å². The molecule has 5 nitrogen and oxygen atoms in total. The first-order valence-corrected chi connectivity index (χ1v) is 10.4. The molecule has 2 aromatic carbocycles. The van der Waals surface area contributed by atoms with Crippen molar-refractivity contribution < 1.29 is 22.4 Å². The van der Waals surface area contributed by atoms with E-state index < -0.39 is 10.0 Å². The molecule has 0 bridgehead atoms. The second-order valence-electron chi connectivity index (χ2n) is 6.42. The number of nitrogens with one attached hydrogen (secondary N) is 1. The Morgan fingerprint density at radius 2 is 1.65 bits per heavy atom. The molecule has 0 amide bonds. The third-order valence-electron chi connectivity index (χ3n) is 4.56. The van der Waals surface area contributed by atoms with E-state index in [1.807, 2.05) is 30.3 Å². The van der Waals surface area contributed by atoms with Crippen LogP contribution in [0.25, 0.3) is 0 Å². The van der Waals surface area contributed by atoms with Crippen LogP contribution in [0.3, 0.4) is 0 Å². The summed E-state index contributed by atoms with van der Waals surface area (Å²) >= 11 is 0. The van der Waals surface area contributed by atoms with Gasteiger partial charge in [0.05, 0.1) is 31.9 Å². The maximum Gasteiger partial charge on any atom is 0.218 e. The van der Waals surface area contributed by atoms with Crippen molar-refractivity contribution in [1.29, 1.82) is 0 Å². The lowest BCUT2D eigenvalue weighted by Crippen LogP contribution is -3.15. The Kier molecular flexibility index (Phi) is 6.24. The molecule has 0 spiro atoms. The number of rotatable bonds is 7. The van der Waals surface area contributed by atoms with Crippen LogP contribution in [0.15, 0.2) is 54.6 Å². The lowest BCUT2D eigenvalue weighted by Gasteiger charge is -2.31. The molecule has 0 aromatic heterocycles. The highest BCUT2D eigenvalue weighted by molar-refractivity contribution is 7.88. The number of sulfonamides is 1. The monoisotopic (exact) mass is 379 g/mol. The molecule has 1 fully saturated rings. The van der Waals surface area contributed by atoms with Crippen LogP contribution in [0.2, 0.25) is 0 Å². The van der Waals surface area contributed by atoms with Crippen molar-refractivity contribution in [1.82, 2.24) is 4.31 Å². The third kappa shape index (κ3) is 5.03. The zero-order chi connectivity index (χ0) is 18.4. The average Bonchev–Trinajstić information content (AvgIpc) is 2.64. The number of piperazine rings is 1. The predicted octanol–water partition coefficient (Wildman–Crippen LogP) is 0.935. The highest BCUT2D eigenvalue weighted by Gasteiger charge is 2.29. The van der Waals surface area contributed by atoms with Crippen molar-refractivity contribution in [2.75, 3.05) is 39.3 Å². The molecule has 1 saturated heterocycles. The number of para-hydroxylation sites is 1. The quantitative estimate of drug-likeness (QED) is 0.779. The summed E-state index contributed by atoms with van der Waals surface area (Å²) in [6.07, 6.45) is 0. The first kappa shape index (κ1) is 18.8. The molecule has 0 radical (unpaired) electrons. The molecule has 0 saturated carbocycles. The fourth-order valence-corrected chi connectivity index (χ4v) is 4.61. The minimum Gasteiger partial charge on any atom is -0.485 e. The number of benzene rings is 2. The Labute approximate surface area is 154 Å². The van der Waals surface area contributed by atoms with E-state index in [0.29, 0.717) is 19.7 Å². The summed E-state index contributed by atoms with van der Waals surface area (Å²) in [7, 11) is -3.29. The van der Waals surface area contributed by atoms with Gasteiger partial charge in [-0.05, 0) is 17.7 Å². The van der Waals surface area contributed by atoms with Crippen LogP contribution in [0.1, 0.15) is 5.56 Å². The van der Waals surface area contributed by atoms with Gasteiger partial charge in [0, 0.05) is 0 Å². The number of nitrogens with zero attached hydrogens (tertiary/aromatic N) is 1. The second kappa shape index (κ2) is 8.62. The molecule has 26 heavy (non-hydrogen) atoms. The van der Waals surface area contributed by atoms with E-state index in [1.54, 1.807) is 22.5 Å². The van der Waals surface area contributed by atoms with Gasteiger partial charge >= 0.3 is 0 Å². The fraction of sp³-hybridized carbons (Fsp3) is 0.368. The van der Waals surface area contributed by atoms with Crippen molar-refractivity contribution >= 4 is 10.0 Å². The second-order valence-corrected chi connectivity index (χ2v) is 8.39. The maximum absolute atomic E-state index is 13.5. The van der Waals surface area contributed by atoms with Crippen LogP contribution >= 0.6 is 0 Å². The molecule has 0 aliphatic carbocycles. The van der Waals surface area contributed by atoms with E-state index in [4.69, 9.17) is 4.74 Å². The summed E-state index contributed by atoms with van der Waals surface area (Å²) in [5.74, 6) is -0.0603. The summed E-state index contributed by atoms with van der Waals surface area (Å²) in [5, 5.41) is 0. The van der Waals surface area contributed by atoms with E-state index in [0.717, 1.165) is 25.2 Å². The zero-order valence-electron chi connectivity index (χ0n) is 14.6. The van der Waals surface area contributed by atoms with E-state index in [1.165, 1.54) is 11.0 Å². The number of halogens is 1. The first-order chi connectivity index (χ1) is 12.5. The van der Waals surface area contributed by atoms with Crippen LogP contribution in [0, 0.1) is 5.82 Å². The number of hydrogen-bond acceptors (Lipinski definition) is 3. The number of quaternary nitrogens is 1. The maximum atomic E-state index is 13.5. The van der Waals surface area contributed by atoms with Gasteiger partial charge in [-0.3, -0.25) is 0 Å². The smallest absolute Gasteiger partial charge is 0.218 e. The summed E-state index contributed by atoms with van der Waals surface area (Å²) in [5.41, 5.74) is 0.806. The highest BCUT2D eigenvalue weighted by atomic mass is 32.2. The first-order valence-electron chi connectivity index (χ1n) is 8.77. The van der Waals surface area contributed by atoms with Crippen LogP contribution in [0.5, 0.6) is 5.75 Å². The van der Waals surface area contributed by atoms with Gasteiger partial charge in [-0.1, -0.05) is 42.5 Å².